The number of nitrogens with zero attached hydrogens (tertiary/aromatic N) is 1. The quantitative estimate of drug-likeness (QED) is 0.284. The third-order valence-electron chi connectivity index (χ3n) is 4.53. The highest BCUT2D eigenvalue weighted by Crippen LogP contribution is 2.31. The lowest BCUT2D eigenvalue weighted by Gasteiger charge is -2.10. The van der Waals surface area contributed by atoms with Gasteiger partial charge >= 0.3 is 5.97 Å². The largest absolute Gasteiger partial charge is 0.493 e. The SMILES string of the molecule is CCCOc1ccc(C=CC(=O)c2cnc3sc(C(=O)OC)c(C)c3c2)cc1OC. The van der Waals surface area contributed by atoms with Crippen LogP contribution in [0.2, 0.25) is 0 Å². The van der Waals surface area contributed by atoms with Crippen molar-refractivity contribution in [2.24, 2.45) is 0 Å². The molecule has 0 unspecified atom stereocenters. The van der Waals surface area contributed by atoms with Crippen molar-refractivity contribution in [2.45, 2.75) is 20.3 Å². The Bertz CT molecular complexity index is 1120. The summed E-state index contributed by atoms with van der Waals surface area (Å²) in [6, 6.07) is 7.27. The highest BCUT2D eigenvalue weighted by atomic mass is 32.1. The van der Waals surface area contributed by atoms with E-state index in [2.05, 4.69) is 4.98 Å². The number of allylic oxidation sites excluding steroid dienone is 1. The van der Waals surface area contributed by atoms with Gasteiger partial charge in [0.15, 0.2) is 17.3 Å². The number of carbonyl (C=O) groups is 2. The van der Waals surface area contributed by atoms with E-state index >= 15 is 0 Å². The van der Waals surface area contributed by atoms with Crippen LogP contribution >= 0.6 is 11.3 Å². The Morgan fingerprint density at radius 2 is 1.97 bits per heavy atom. The molecule has 0 atom stereocenters. The summed E-state index contributed by atoms with van der Waals surface area (Å²) >= 11 is 1.26. The van der Waals surface area contributed by atoms with Crippen molar-refractivity contribution in [3.63, 3.8) is 0 Å². The molecule has 3 rings (SSSR count). The molecular formula is C23H23NO5S. The normalized spacial score (nSPS) is 11.1. The van der Waals surface area contributed by atoms with Gasteiger partial charge in [-0.2, -0.15) is 0 Å². The first-order valence-electron chi connectivity index (χ1n) is 9.49. The molecule has 30 heavy (non-hydrogen) atoms. The number of hydrogen-bond donors (Lipinski definition) is 0. The number of rotatable bonds is 8. The number of methoxy groups -OCH3 is 2. The number of esters is 1. The average molecular weight is 426 g/mol. The van der Waals surface area contributed by atoms with Gasteiger partial charge in [-0.1, -0.05) is 19.1 Å². The number of fused-ring (bicyclic) bond motifs is 1. The molecule has 2 aromatic heterocycles. The van der Waals surface area contributed by atoms with Gasteiger partial charge in [-0.25, -0.2) is 9.78 Å². The van der Waals surface area contributed by atoms with Crippen molar-refractivity contribution in [3.05, 3.63) is 58.1 Å². The lowest BCUT2D eigenvalue weighted by molar-refractivity contribution is 0.0605. The maximum Gasteiger partial charge on any atom is 0.348 e. The number of pyridine rings is 1. The zero-order valence-corrected chi connectivity index (χ0v) is 18.2. The minimum atomic E-state index is -0.399. The molecule has 1 aromatic carbocycles. The molecule has 6 nitrogen and oxygen atoms in total. The van der Waals surface area contributed by atoms with E-state index in [4.69, 9.17) is 14.2 Å². The molecule has 0 saturated carbocycles. The van der Waals surface area contributed by atoms with Crippen LogP contribution in [0.3, 0.4) is 0 Å². The van der Waals surface area contributed by atoms with Crippen molar-refractivity contribution in [1.29, 1.82) is 0 Å². The van der Waals surface area contributed by atoms with E-state index in [-0.39, 0.29) is 5.78 Å². The maximum atomic E-state index is 12.7. The Labute approximate surface area is 179 Å². The van der Waals surface area contributed by atoms with Gasteiger partial charge in [0.2, 0.25) is 0 Å². The summed E-state index contributed by atoms with van der Waals surface area (Å²) in [6.07, 6.45) is 5.64. The standard InChI is InChI=1S/C23H23NO5S/c1-5-10-29-19-9-7-15(11-20(19)27-3)6-8-18(25)16-12-17-14(2)21(23(26)28-4)30-22(17)24-13-16/h6-9,11-13H,5,10H2,1-4H3. The van der Waals surface area contributed by atoms with Gasteiger partial charge in [0, 0.05) is 17.1 Å². The Balaban J connectivity index is 1.83. The zero-order chi connectivity index (χ0) is 21.7. The van der Waals surface area contributed by atoms with E-state index in [0.29, 0.717) is 33.4 Å². The van der Waals surface area contributed by atoms with Crippen molar-refractivity contribution in [3.8, 4) is 11.5 Å². The summed E-state index contributed by atoms with van der Waals surface area (Å²) in [6.45, 7) is 4.47. The van der Waals surface area contributed by atoms with Crippen LogP contribution in [0.1, 0.15) is 44.5 Å². The number of carbonyl (C=O) groups excluding carboxylic acids is 2. The third-order valence-corrected chi connectivity index (χ3v) is 5.72. The molecular weight excluding hydrogens is 402 g/mol. The van der Waals surface area contributed by atoms with Crippen molar-refractivity contribution in [2.75, 3.05) is 20.8 Å². The summed E-state index contributed by atoms with van der Waals surface area (Å²) in [5.74, 6) is 0.709. The zero-order valence-electron chi connectivity index (χ0n) is 17.4. The van der Waals surface area contributed by atoms with Gasteiger partial charge in [0.25, 0.3) is 0 Å². The molecule has 0 aliphatic heterocycles. The molecule has 156 valence electrons. The lowest BCUT2D eigenvalue weighted by atomic mass is 10.1. The average Bonchev–Trinajstić information content (AvgIpc) is 3.11. The van der Waals surface area contributed by atoms with Crippen LogP contribution in [0.15, 0.2) is 36.5 Å². The molecule has 0 aliphatic rings. The Morgan fingerprint density at radius 1 is 1.17 bits per heavy atom. The Hall–Kier alpha value is -3.19. The summed E-state index contributed by atoms with van der Waals surface area (Å²) in [7, 11) is 2.93. The summed E-state index contributed by atoms with van der Waals surface area (Å²) in [5.41, 5.74) is 2.03. The van der Waals surface area contributed by atoms with E-state index in [1.165, 1.54) is 30.7 Å². The van der Waals surface area contributed by atoms with Crippen LogP contribution in [0.4, 0.5) is 0 Å². The van der Waals surface area contributed by atoms with Gasteiger partial charge in [0.05, 0.1) is 20.8 Å². The highest BCUT2D eigenvalue weighted by Gasteiger charge is 2.17. The molecule has 3 aromatic rings. The Kier molecular flexibility index (Phi) is 6.84. The third kappa shape index (κ3) is 4.52. The number of hydrogen-bond acceptors (Lipinski definition) is 7. The first kappa shape index (κ1) is 21.5. The molecule has 0 N–H and O–H groups in total. The van der Waals surface area contributed by atoms with Gasteiger partial charge in [-0.15, -0.1) is 11.3 Å². The van der Waals surface area contributed by atoms with Crippen LogP contribution in [0, 0.1) is 6.92 Å². The molecule has 0 spiro atoms. The molecule has 0 aliphatic carbocycles. The van der Waals surface area contributed by atoms with Crippen LogP contribution in [0.5, 0.6) is 11.5 Å². The fourth-order valence-corrected chi connectivity index (χ4v) is 3.96. The number of aryl methyl sites for hydroxylation is 1. The van der Waals surface area contributed by atoms with Crippen LogP contribution in [-0.2, 0) is 4.74 Å². The number of thiophene rings is 1. The van der Waals surface area contributed by atoms with Gasteiger partial charge in [-0.3, -0.25) is 4.79 Å². The lowest BCUT2D eigenvalue weighted by Crippen LogP contribution is -1.99. The van der Waals surface area contributed by atoms with Gasteiger partial charge in [-0.05, 0) is 48.7 Å². The first-order valence-corrected chi connectivity index (χ1v) is 10.3. The second-order valence-electron chi connectivity index (χ2n) is 6.58. The molecule has 2 heterocycles. The topological polar surface area (TPSA) is 74.7 Å². The highest BCUT2D eigenvalue weighted by molar-refractivity contribution is 7.20. The van der Waals surface area contributed by atoms with Crippen LogP contribution < -0.4 is 9.47 Å². The molecule has 0 fully saturated rings. The second kappa shape index (κ2) is 9.54. The summed E-state index contributed by atoms with van der Waals surface area (Å²) < 4.78 is 15.8. The smallest absolute Gasteiger partial charge is 0.348 e. The molecule has 0 bridgehead atoms. The minimum absolute atomic E-state index is 0.181. The van der Waals surface area contributed by atoms with Gasteiger partial charge < -0.3 is 14.2 Å². The van der Waals surface area contributed by atoms with E-state index in [9.17, 15) is 9.59 Å². The molecule has 0 radical (unpaired) electrons. The number of ketones is 1. The van der Waals surface area contributed by atoms with E-state index in [0.717, 1.165) is 22.9 Å². The summed E-state index contributed by atoms with van der Waals surface area (Å²) in [4.78, 5) is 30.1. The number of benzene rings is 1. The monoisotopic (exact) mass is 425 g/mol. The predicted octanol–water partition coefficient (Wildman–Crippen LogP) is 5.08. The molecule has 0 amide bonds. The molecule has 0 saturated heterocycles. The second-order valence-corrected chi connectivity index (χ2v) is 7.58. The minimum Gasteiger partial charge on any atom is -0.493 e. The maximum absolute atomic E-state index is 12.7. The first-order chi connectivity index (χ1) is 14.5. The summed E-state index contributed by atoms with van der Waals surface area (Å²) in [5, 5.41) is 0.777. The Morgan fingerprint density at radius 3 is 2.67 bits per heavy atom. The van der Waals surface area contributed by atoms with Crippen LogP contribution in [-0.4, -0.2) is 37.6 Å². The van der Waals surface area contributed by atoms with E-state index < -0.39 is 5.97 Å². The fraction of sp³-hybridized carbons (Fsp3) is 0.261. The van der Waals surface area contributed by atoms with Crippen molar-refractivity contribution in [1.82, 2.24) is 4.98 Å². The number of ether oxygens (including phenoxy) is 3. The van der Waals surface area contributed by atoms with Crippen LogP contribution in [0.25, 0.3) is 16.3 Å². The van der Waals surface area contributed by atoms with E-state index in [1.807, 2.05) is 32.0 Å². The fourth-order valence-electron chi connectivity index (χ4n) is 2.91. The number of aromatic nitrogens is 1. The predicted molar refractivity (Wildman–Crippen MR) is 118 cm³/mol. The van der Waals surface area contributed by atoms with E-state index in [1.54, 1.807) is 19.3 Å². The van der Waals surface area contributed by atoms with Crippen molar-refractivity contribution >= 4 is 39.4 Å². The van der Waals surface area contributed by atoms with Crippen molar-refractivity contribution < 1.29 is 23.8 Å². The van der Waals surface area contributed by atoms with Gasteiger partial charge in [0.1, 0.15) is 9.71 Å². The molecule has 7 heteroatoms.